The number of nitrogens with zero attached hydrogens (tertiary/aromatic N) is 1. The summed E-state index contributed by atoms with van der Waals surface area (Å²) in [5.41, 5.74) is 0.243. The second-order valence-electron chi connectivity index (χ2n) is 5.84. The predicted molar refractivity (Wildman–Crippen MR) is 78.0 cm³/mol. The molecular formula is C15H32N2O. The fourth-order valence-electron chi connectivity index (χ4n) is 3.54. The summed E-state index contributed by atoms with van der Waals surface area (Å²) in [6, 6.07) is 0.556. The molecule has 1 aliphatic heterocycles. The van der Waals surface area contributed by atoms with E-state index >= 15 is 0 Å². The summed E-state index contributed by atoms with van der Waals surface area (Å²) in [7, 11) is 2.12. The van der Waals surface area contributed by atoms with Gasteiger partial charge in [-0.2, -0.15) is 0 Å². The van der Waals surface area contributed by atoms with Crippen molar-refractivity contribution in [3.8, 4) is 0 Å². The molecule has 0 spiro atoms. The normalized spacial score (nSPS) is 24.5. The smallest absolute Gasteiger partial charge is 0.0594 e. The van der Waals surface area contributed by atoms with Crippen LogP contribution < -0.4 is 5.32 Å². The van der Waals surface area contributed by atoms with Gasteiger partial charge in [0, 0.05) is 24.7 Å². The first-order valence-electron chi connectivity index (χ1n) is 7.60. The molecule has 0 aromatic heterocycles. The molecule has 1 saturated heterocycles. The molecule has 3 nitrogen and oxygen atoms in total. The molecule has 1 fully saturated rings. The van der Waals surface area contributed by atoms with Crippen molar-refractivity contribution >= 4 is 0 Å². The molecule has 3 atom stereocenters. The molecule has 0 radical (unpaired) electrons. The van der Waals surface area contributed by atoms with Crippen LogP contribution in [-0.4, -0.2) is 49.8 Å². The Morgan fingerprint density at radius 1 is 1.28 bits per heavy atom. The quantitative estimate of drug-likeness (QED) is 0.757. The van der Waals surface area contributed by atoms with Crippen molar-refractivity contribution in [1.82, 2.24) is 10.2 Å². The topological polar surface area (TPSA) is 24.5 Å². The van der Waals surface area contributed by atoms with E-state index in [1.807, 2.05) is 0 Å². The first kappa shape index (κ1) is 15.9. The largest absolute Gasteiger partial charge is 0.379 e. The molecule has 3 heteroatoms. The molecule has 0 bridgehead atoms. The van der Waals surface area contributed by atoms with E-state index in [4.69, 9.17) is 4.74 Å². The number of hydrogen-bond donors (Lipinski definition) is 1. The Hall–Kier alpha value is -0.120. The predicted octanol–water partition coefficient (Wildman–Crippen LogP) is 2.51. The van der Waals surface area contributed by atoms with E-state index < -0.39 is 0 Å². The molecule has 1 aliphatic rings. The number of ether oxygens (including phenoxy) is 1. The van der Waals surface area contributed by atoms with Gasteiger partial charge in [0.15, 0.2) is 0 Å². The molecule has 18 heavy (non-hydrogen) atoms. The molecule has 0 aromatic rings. The Labute approximate surface area is 113 Å². The van der Waals surface area contributed by atoms with Gasteiger partial charge in [0.25, 0.3) is 0 Å². The lowest BCUT2D eigenvalue weighted by Crippen LogP contribution is -2.63. The fourth-order valence-corrected chi connectivity index (χ4v) is 3.54. The van der Waals surface area contributed by atoms with E-state index in [-0.39, 0.29) is 5.54 Å². The van der Waals surface area contributed by atoms with Gasteiger partial charge < -0.3 is 10.1 Å². The van der Waals surface area contributed by atoms with Crippen LogP contribution in [0.1, 0.15) is 47.0 Å². The van der Waals surface area contributed by atoms with Gasteiger partial charge in [-0.1, -0.05) is 27.2 Å². The van der Waals surface area contributed by atoms with E-state index in [2.05, 4.69) is 45.0 Å². The highest BCUT2D eigenvalue weighted by Gasteiger charge is 2.40. The van der Waals surface area contributed by atoms with Gasteiger partial charge in [-0.25, -0.2) is 0 Å². The first-order valence-corrected chi connectivity index (χ1v) is 7.60. The van der Waals surface area contributed by atoms with Gasteiger partial charge >= 0.3 is 0 Å². The molecule has 0 aromatic carbocycles. The standard InChI is InChI=1S/C15H32N2O/c1-6-8-13(3)14(16-5)15(4,7-2)17-9-11-18-12-10-17/h13-14,16H,6-12H2,1-5H3. The highest BCUT2D eigenvalue weighted by Crippen LogP contribution is 2.30. The summed E-state index contributed by atoms with van der Waals surface area (Å²) in [5, 5.41) is 3.59. The molecule has 1 rings (SSSR count). The molecule has 0 aliphatic carbocycles. The minimum Gasteiger partial charge on any atom is -0.379 e. The lowest BCUT2D eigenvalue weighted by molar-refractivity contribution is -0.0393. The Morgan fingerprint density at radius 2 is 1.89 bits per heavy atom. The fraction of sp³-hybridized carbons (Fsp3) is 1.00. The summed E-state index contributed by atoms with van der Waals surface area (Å²) < 4.78 is 5.50. The Morgan fingerprint density at radius 3 is 2.33 bits per heavy atom. The van der Waals surface area contributed by atoms with Crippen molar-refractivity contribution in [3.05, 3.63) is 0 Å². The average molecular weight is 256 g/mol. The van der Waals surface area contributed by atoms with E-state index in [0.29, 0.717) is 12.0 Å². The third-order valence-corrected chi connectivity index (χ3v) is 4.74. The first-order chi connectivity index (χ1) is 8.60. The number of morpholine rings is 1. The van der Waals surface area contributed by atoms with Crippen LogP contribution in [0.15, 0.2) is 0 Å². The molecular weight excluding hydrogens is 224 g/mol. The van der Waals surface area contributed by atoms with Gasteiger partial charge in [-0.15, -0.1) is 0 Å². The average Bonchev–Trinajstić information content (AvgIpc) is 2.40. The zero-order valence-corrected chi connectivity index (χ0v) is 13.0. The molecule has 0 amide bonds. The van der Waals surface area contributed by atoms with Crippen LogP contribution in [0, 0.1) is 5.92 Å². The summed E-state index contributed by atoms with van der Waals surface area (Å²) in [4.78, 5) is 2.63. The Kier molecular flexibility index (Phi) is 6.61. The second-order valence-corrected chi connectivity index (χ2v) is 5.84. The number of hydrogen-bond acceptors (Lipinski definition) is 3. The summed E-state index contributed by atoms with van der Waals surface area (Å²) >= 11 is 0. The van der Waals surface area contributed by atoms with Crippen LogP contribution in [0.25, 0.3) is 0 Å². The summed E-state index contributed by atoms with van der Waals surface area (Å²) in [5.74, 6) is 0.716. The van der Waals surface area contributed by atoms with Gasteiger partial charge in [-0.05, 0) is 32.7 Å². The van der Waals surface area contributed by atoms with Gasteiger partial charge in [0.05, 0.1) is 13.2 Å². The molecule has 0 saturated carbocycles. The summed E-state index contributed by atoms with van der Waals surface area (Å²) in [6.45, 7) is 13.3. The minimum atomic E-state index is 0.243. The van der Waals surface area contributed by atoms with Crippen molar-refractivity contribution < 1.29 is 4.74 Å². The third-order valence-electron chi connectivity index (χ3n) is 4.74. The zero-order valence-electron chi connectivity index (χ0n) is 13.0. The lowest BCUT2D eigenvalue weighted by Gasteiger charge is -2.49. The van der Waals surface area contributed by atoms with Gasteiger partial charge in [-0.3, -0.25) is 4.90 Å². The van der Waals surface area contributed by atoms with Crippen molar-refractivity contribution in [2.45, 2.75) is 58.5 Å². The highest BCUT2D eigenvalue weighted by atomic mass is 16.5. The Balaban J connectivity index is 2.80. The van der Waals surface area contributed by atoms with Crippen LogP contribution in [-0.2, 0) is 4.74 Å². The van der Waals surface area contributed by atoms with E-state index in [9.17, 15) is 0 Å². The SMILES string of the molecule is CCCC(C)C(NC)C(C)(CC)N1CCOCC1. The van der Waals surface area contributed by atoms with Crippen LogP contribution in [0.5, 0.6) is 0 Å². The van der Waals surface area contributed by atoms with E-state index in [0.717, 1.165) is 26.3 Å². The molecule has 108 valence electrons. The van der Waals surface area contributed by atoms with E-state index in [1.165, 1.54) is 19.3 Å². The van der Waals surface area contributed by atoms with Crippen LogP contribution in [0.3, 0.4) is 0 Å². The highest BCUT2D eigenvalue weighted by molar-refractivity contribution is 4.98. The third kappa shape index (κ3) is 3.46. The number of rotatable bonds is 7. The van der Waals surface area contributed by atoms with E-state index in [1.54, 1.807) is 0 Å². The molecule has 1 N–H and O–H groups in total. The maximum atomic E-state index is 5.50. The maximum absolute atomic E-state index is 5.50. The van der Waals surface area contributed by atoms with Crippen molar-refractivity contribution in [2.75, 3.05) is 33.4 Å². The van der Waals surface area contributed by atoms with Gasteiger partial charge in [0.2, 0.25) is 0 Å². The number of nitrogens with one attached hydrogen (secondary N) is 1. The van der Waals surface area contributed by atoms with Gasteiger partial charge in [0.1, 0.15) is 0 Å². The molecule has 3 unspecified atom stereocenters. The van der Waals surface area contributed by atoms with Crippen molar-refractivity contribution in [1.29, 1.82) is 0 Å². The molecule has 1 heterocycles. The lowest BCUT2D eigenvalue weighted by atomic mass is 9.78. The van der Waals surface area contributed by atoms with Crippen LogP contribution in [0.2, 0.25) is 0 Å². The monoisotopic (exact) mass is 256 g/mol. The van der Waals surface area contributed by atoms with Crippen molar-refractivity contribution in [3.63, 3.8) is 0 Å². The second kappa shape index (κ2) is 7.46. The van der Waals surface area contributed by atoms with Crippen LogP contribution in [0.4, 0.5) is 0 Å². The Bertz CT molecular complexity index is 229. The van der Waals surface area contributed by atoms with Crippen molar-refractivity contribution in [2.24, 2.45) is 5.92 Å². The number of likely N-dealkylation sites (N-methyl/N-ethyl adjacent to an activating group) is 1. The van der Waals surface area contributed by atoms with Crippen LogP contribution >= 0.6 is 0 Å². The minimum absolute atomic E-state index is 0.243. The summed E-state index contributed by atoms with van der Waals surface area (Å²) in [6.07, 6.45) is 3.75. The maximum Gasteiger partial charge on any atom is 0.0594 e. The zero-order chi connectivity index (χ0) is 13.6.